The average molecular weight is 390 g/mol. The first kappa shape index (κ1) is 17.9. The van der Waals surface area contributed by atoms with Crippen LogP contribution in [-0.2, 0) is 37.1 Å². The van der Waals surface area contributed by atoms with Crippen molar-refractivity contribution < 1.29 is 8.42 Å². The van der Waals surface area contributed by atoms with Gasteiger partial charge >= 0.3 is 5.69 Å². The van der Waals surface area contributed by atoms with Gasteiger partial charge in [-0.05, 0) is 31.0 Å². The Labute approximate surface area is 156 Å². The van der Waals surface area contributed by atoms with E-state index >= 15 is 0 Å². The largest absolute Gasteiger partial charge is 0.328 e. The number of fused-ring (bicyclic) bond motifs is 2. The van der Waals surface area contributed by atoms with Crippen molar-refractivity contribution in [1.82, 2.24) is 28.6 Å². The number of sulfonamides is 1. The number of rotatable bonds is 4. The molecule has 0 radical (unpaired) electrons. The average Bonchev–Trinajstić information content (AvgIpc) is 3.18. The lowest BCUT2D eigenvalue weighted by Crippen LogP contribution is -2.33. The van der Waals surface area contributed by atoms with Gasteiger partial charge in [-0.2, -0.15) is 5.10 Å². The quantitative estimate of drug-likeness (QED) is 0.711. The van der Waals surface area contributed by atoms with Gasteiger partial charge in [0, 0.05) is 27.1 Å². The van der Waals surface area contributed by atoms with Crippen molar-refractivity contribution >= 4 is 21.1 Å². The van der Waals surface area contributed by atoms with Crippen LogP contribution in [0.5, 0.6) is 0 Å². The minimum atomic E-state index is -3.77. The Balaban J connectivity index is 1.71. The predicted octanol–water partition coefficient (Wildman–Crippen LogP) is 0.844. The van der Waals surface area contributed by atoms with Crippen LogP contribution in [0, 0.1) is 0 Å². The topological polar surface area (TPSA) is 104 Å². The van der Waals surface area contributed by atoms with Crippen LogP contribution in [-0.4, -0.2) is 32.3 Å². The molecule has 9 nitrogen and oxygen atoms in total. The first-order valence-corrected chi connectivity index (χ1v) is 10.4. The van der Waals surface area contributed by atoms with Crippen LogP contribution in [0.2, 0.25) is 0 Å². The van der Waals surface area contributed by atoms with Gasteiger partial charge in [-0.3, -0.25) is 9.13 Å². The number of hydrogen-bond acceptors (Lipinski definition) is 5. The molecule has 1 aromatic carbocycles. The van der Waals surface area contributed by atoms with Crippen molar-refractivity contribution in [2.24, 2.45) is 14.1 Å². The number of imidazole rings is 1. The summed E-state index contributed by atoms with van der Waals surface area (Å²) in [6, 6.07) is 4.30. The lowest BCUT2D eigenvalue weighted by atomic mass is 10.1. The summed E-state index contributed by atoms with van der Waals surface area (Å²) in [5, 5.41) is 4.42. The summed E-state index contributed by atoms with van der Waals surface area (Å²) in [6.45, 7) is 2.72. The predicted molar refractivity (Wildman–Crippen MR) is 99.9 cm³/mol. The third-order valence-corrected chi connectivity index (χ3v) is 6.56. The van der Waals surface area contributed by atoms with Crippen LogP contribution >= 0.6 is 0 Å². The van der Waals surface area contributed by atoms with Gasteiger partial charge in [0.1, 0.15) is 5.82 Å². The Kier molecular flexibility index (Phi) is 4.19. The van der Waals surface area contributed by atoms with Crippen molar-refractivity contribution in [1.29, 1.82) is 0 Å². The fraction of sp³-hybridized carbons (Fsp3) is 0.471. The second-order valence-electron chi connectivity index (χ2n) is 6.83. The van der Waals surface area contributed by atoms with Gasteiger partial charge in [-0.25, -0.2) is 27.6 Å². The maximum atomic E-state index is 13.0. The van der Waals surface area contributed by atoms with E-state index in [2.05, 4.69) is 14.8 Å². The fourth-order valence-corrected chi connectivity index (χ4v) is 4.82. The minimum absolute atomic E-state index is 0.128. The zero-order valence-corrected chi connectivity index (χ0v) is 16.3. The molecule has 0 saturated carbocycles. The molecule has 1 aliphatic heterocycles. The van der Waals surface area contributed by atoms with E-state index in [4.69, 9.17) is 0 Å². The fourth-order valence-electron chi connectivity index (χ4n) is 3.57. The molecule has 4 rings (SSSR count). The van der Waals surface area contributed by atoms with E-state index in [9.17, 15) is 13.2 Å². The zero-order chi connectivity index (χ0) is 19.3. The summed E-state index contributed by atoms with van der Waals surface area (Å²) in [6.07, 6.45) is 2.21. The van der Waals surface area contributed by atoms with Crippen molar-refractivity contribution in [3.8, 4) is 0 Å². The molecule has 1 N–H and O–H groups in total. The zero-order valence-electron chi connectivity index (χ0n) is 15.5. The summed E-state index contributed by atoms with van der Waals surface area (Å²) in [4.78, 5) is 16.7. The molecule has 0 spiro atoms. The highest BCUT2D eigenvalue weighted by Crippen LogP contribution is 2.26. The highest BCUT2D eigenvalue weighted by atomic mass is 32.2. The molecule has 0 saturated heterocycles. The molecule has 2 aromatic heterocycles. The summed E-state index contributed by atoms with van der Waals surface area (Å²) in [7, 11) is -0.474. The first-order valence-electron chi connectivity index (χ1n) is 8.93. The van der Waals surface area contributed by atoms with Crippen molar-refractivity contribution in [3.05, 3.63) is 40.3 Å². The molecule has 0 unspecified atom stereocenters. The summed E-state index contributed by atoms with van der Waals surface area (Å²) in [5.41, 5.74) is 1.07. The first-order chi connectivity index (χ1) is 12.8. The van der Waals surface area contributed by atoms with Crippen LogP contribution in [0.4, 0.5) is 0 Å². The van der Waals surface area contributed by atoms with Crippen LogP contribution in [0.25, 0.3) is 11.0 Å². The Morgan fingerprint density at radius 1 is 1.22 bits per heavy atom. The molecule has 0 amide bonds. The molecule has 0 fully saturated rings. The van der Waals surface area contributed by atoms with E-state index in [-0.39, 0.29) is 10.6 Å². The number of nitrogens with one attached hydrogen (secondary N) is 1. The second kappa shape index (κ2) is 6.31. The van der Waals surface area contributed by atoms with Gasteiger partial charge in [-0.15, -0.1) is 0 Å². The molecule has 0 bridgehead atoms. The Morgan fingerprint density at radius 3 is 2.70 bits per heavy atom. The molecular weight excluding hydrogens is 368 g/mol. The van der Waals surface area contributed by atoms with Crippen LogP contribution in [0.3, 0.4) is 0 Å². The molecule has 10 heteroatoms. The summed E-state index contributed by atoms with van der Waals surface area (Å²) < 4.78 is 33.4. The number of aromatic nitrogens is 5. The van der Waals surface area contributed by atoms with Crippen molar-refractivity contribution in [3.63, 3.8) is 0 Å². The Hall–Kier alpha value is -2.46. The molecule has 0 aliphatic carbocycles. The summed E-state index contributed by atoms with van der Waals surface area (Å²) >= 11 is 0. The van der Waals surface area contributed by atoms with Gasteiger partial charge in [-0.1, -0.05) is 6.92 Å². The lowest BCUT2D eigenvalue weighted by molar-refractivity contribution is 0.399. The third-order valence-electron chi connectivity index (χ3n) is 5.09. The molecule has 27 heavy (non-hydrogen) atoms. The normalized spacial score (nSPS) is 17.4. The Bertz CT molecular complexity index is 1190. The Morgan fingerprint density at radius 2 is 1.96 bits per heavy atom. The van der Waals surface area contributed by atoms with E-state index in [1.165, 1.54) is 21.3 Å². The second-order valence-corrected chi connectivity index (χ2v) is 8.54. The van der Waals surface area contributed by atoms with Gasteiger partial charge in [0.2, 0.25) is 10.0 Å². The van der Waals surface area contributed by atoms with Gasteiger partial charge in [0.25, 0.3) is 0 Å². The number of hydrogen-bond donors (Lipinski definition) is 1. The summed E-state index contributed by atoms with van der Waals surface area (Å²) in [5.74, 6) is 1.38. The molecule has 1 atom stereocenters. The van der Waals surface area contributed by atoms with Crippen molar-refractivity contribution in [2.45, 2.75) is 43.7 Å². The smallest absolute Gasteiger partial charge is 0.295 e. The maximum absolute atomic E-state index is 13.0. The maximum Gasteiger partial charge on any atom is 0.328 e. The van der Waals surface area contributed by atoms with Crippen LogP contribution in [0.1, 0.15) is 37.5 Å². The number of aryl methyl sites for hydroxylation is 4. The molecule has 1 aliphatic rings. The van der Waals surface area contributed by atoms with E-state index in [0.29, 0.717) is 29.7 Å². The minimum Gasteiger partial charge on any atom is -0.295 e. The van der Waals surface area contributed by atoms with E-state index in [1.54, 1.807) is 24.8 Å². The highest BCUT2D eigenvalue weighted by molar-refractivity contribution is 7.89. The molecular formula is C17H22N6O3S. The van der Waals surface area contributed by atoms with Crippen LogP contribution < -0.4 is 10.4 Å². The molecule has 144 valence electrons. The van der Waals surface area contributed by atoms with Gasteiger partial charge < -0.3 is 0 Å². The third kappa shape index (κ3) is 2.88. The van der Waals surface area contributed by atoms with E-state index in [0.717, 1.165) is 18.8 Å². The SMILES string of the molecule is CCc1nc2n(n1)CCC[C@H]2NS(=O)(=O)c1ccc2c(c1)n(C)c(=O)n2C. The standard InChI is InChI=1S/C17H22N6O3S/c1-4-15-18-16-12(6-5-9-23(16)19-15)20-27(25,26)11-7-8-13-14(10-11)22(3)17(24)21(13)2/h7-8,10,12,20H,4-6,9H2,1-3H3/t12-/m1/s1. The molecule has 3 heterocycles. The monoisotopic (exact) mass is 390 g/mol. The van der Waals surface area contributed by atoms with Gasteiger partial charge in [0.15, 0.2) is 5.82 Å². The number of nitrogens with zero attached hydrogens (tertiary/aromatic N) is 5. The van der Waals surface area contributed by atoms with Crippen LogP contribution in [0.15, 0.2) is 27.9 Å². The van der Waals surface area contributed by atoms with E-state index in [1.807, 2.05) is 6.92 Å². The van der Waals surface area contributed by atoms with Gasteiger partial charge in [0.05, 0.1) is 22.0 Å². The number of benzene rings is 1. The molecule has 3 aromatic rings. The van der Waals surface area contributed by atoms with Crippen molar-refractivity contribution in [2.75, 3.05) is 0 Å². The van der Waals surface area contributed by atoms with E-state index < -0.39 is 16.1 Å². The lowest BCUT2D eigenvalue weighted by Gasteiger charge is -2.23. The highest BCUT2D eigenvalue weighted by Gasteiger charge is 2.29.